The SMILES string of the molecule is CC(C)n1c(CNC(C)(C)C)nc2ccc(Cl)cc21. The average Bonchev–Trinajstić information content (AvgIpc) is 2.63. The summed E-state index contributed by atoms with van der Waals surface area (Å²) in [5.74, 6) is 1.06. The Morgan fingerprint density at radius 3 is 2.58 bits per heavy atom. The van der Waals surface area contributed by atoms with Crippen LogP contribution in [0.4, 0.5) is 0 Å². The van der Waals surface area contributed by atoms with E-state index < -0.39 is 0 Å². The van der Waals surface area contributed by atoms with E-state index in [1.807, 2.05) is 18.2 Å². The summed E-state index contributed by atoms with van der Waals surface area (Å²) in [6.07, 6.45) is 0. The number of nitrogens with one attached hydrogen (secondary N) is 1. The van der Waals surface area contributed by atoms with Crippen LogP contribution in [0, 0.1) is 0 Å². The van der Waals surface area contributed by atoms with Crippen LogP contribution < -0.4 is 5.32 Å². The zero-order valence-corrected chi connectivity index (χ0v) is 13.0. The predicted octanol–water partition coefficient (Wildman–Crippen LogP) is 4.16. The molecule has 1 heterocycles. The first-order chi connectivity index (χ1) is 8.78. The van der Waals surface area contributed by atoms with Gasteiger partial charge in [0.05, 0.1) is 17.6 Å². The lowest BCUT2D eigenvalue weighted by Gasteiger charge is -2.21. The Bertz CT molecular complexity index is 579. The smallest absolute Gasteiger partial charge is 0.124 e. The Kier molecular flexibility index (Phi) is 3.88. The molecule has 4 heteroatoms. The highest BCUT2D eigenvalue weighted by Gasteiger charge is 2.16. The van der Waals surface area contributed by atoms with Gasteiger partial charge < -0.3 is 9.88 Å². The third kappa shape index (κ3) is 3.28. The van der Waals surface area contributed by atoms with Gasteiger partial charge in [-0.25, -0.2) is 4.98 Å². The minimum Gasteiger partial charge on any atom is -0.324 e. The molecule has 0 atom stereocenters. The highest BCUT2D eigenvalue weighted by Crippen LogP contribution is 2.24. The Morgan fingerprint density at radius 1 is 1.32 bits per heavy atom. The first kappa shape index (κ1) is 14.4. The van der Waals surface area contributed by atoms with Crippen molar-refractivity contribution in [2.75, 3.05) is 0 Å². The molecule has 0 amide bonds. The van der Waals surface area contributed by atoms with Crippen molar-refractivity contribution in [2.24, 2.45) is 0 Å². The highest BCUT2D eigenvalue weighted by molar-refractivity contribution is 6.31. The van der Waals surface area contributed by atoms with Crippen molar-refractivity contribution in [3.8, 4) is 0 Å². The first-order valence-electron chi connectivity index (χ1n) is 6.69. The van der Waals surface area contributed by atoms with E-state index in [0.29, 0.717) is 6.04 Å². The van der Waals surface area contributed by atoms with Crippen molar-refractivity contribution in [1.82, 2.24) is 14.9 Å². The number of aromatic nitrogens is 2. The number of benzene rings is 1. The number of halogens is 1. The maximum absolute atomic E-state index is 6.10. The molecule has 2 rings (SSSR count). The maximum Gasteiger partial charge on any atom is 0.124 e. The molecule has 1 N–H and O–H groups in total. The molecule has 0 fully saturated rings. The Labute approximate surface area is 120 Å². The Morgan fingerprint density at radius 2 is 2.00 bits per heavy atom. The van der Waals surface area contributed by atoms with Crippen molar-refractivity contribution in [3.05, 3.63) is 29.0 Å². The topological polar surface area (TPSA) is 29.9 Å². The summed E-state index contributed by atoms with van der Waals surface area (Å²) in [7, 11) is 0. The zero-order chi connectivity index (χ0) is 14.2. The maximum atomic E-state index is 6.10. The molecule has 19 heavy (non-hydrogen) atoms. The zero-order valence-electron chi connectivity index (χ0n) is 12.3. The van der Waals surface area contributed by atoms with Crippen LogP contribution in [0.3, 0.4) is 0 Å². The summed E-state index contributed by atoms with van der Waals surface area (Å²) in [5.41, 5.74) is 2.19. The van der Waals surface area contributed by atoms with Crippen molar-refractivity contribution in [1.29, 1.82) is 0 Å². The van der Waals surface area contributed by atoms with Gasteiger partial charge in [0.25, 0.3) is 0 Å². The van der Waals surface area contributed by atoms with Crippen LogP contribution in [0.2, 0.25) is 5.02 Å². The van der Waals surface area contributed by atoms with Gasteiger partial charge >= 0.3 is 0 Å². The predicted molar refractivity (Wildman–Crippen MR) is 81.7 cm³/mol. The van der Waals surface area contributed by atoms with Crippen LogP contribution in [0.15, 0.2) is 18.2 Å². The van der Waals surface area contributed by atoms with Gasteiger partial charge in [-0.1, -0.05) is 11.6 Å². The Balaban J connectivity index is 2.45. The van der Waals surface area contributed by atoms with E-state index >= 15 is 0 Å². The Hall–Kier alpha value is -1.06. The minimum absolute atomic E-state index is 0.0809. The molecular formula is C15H22ClN3. The van der Waals surface area contributed by atoms with Crippen molar-refractivity contribution in [2.45, 2.75) is 52.7 Å². The van der Waals surface area contributed by atoms with Gasteiger partial charge in [-0.3, -0.25) is 0 Å². The van der Waals surface area contributed by atoms with Gasteiger partial charge in [0.1, 0.15) is 5.82 Å². The fourth-order valence-corrected chi connectivity index (χ4v) is 2.33. The van der Waals surface area contributed by atoms with E-state index in [4.69, 9.17) is 16.6 Å². The highest BCUT2D eigenvalue weighted by atomic mass is 35.5. The van der Waals surface area contributed by atoms with Crippen molar-refractivity contribution < 1.29 is 0 Å². The van der Waals surface area contributed by atoms with E-state index in [1.165, 1.54) is 0 Å². The largest absolute Gasteiger partial charge is 0.324 e. The lowest BCUT2D eigenvalue weighted by molar-refractivity contribution is 0.408. The van der Waals surface area contributed by atoms with Gasteiger partial charge in [0.15, 0.2) is 0 Å². The molecule has 1 aromatic heterocycles. The molecule has 0 unspecified atom stereocenters. The molecule has 0 aliphatic rings. The molecule has 0 aliphatic heterocycles. The third-order valence-corrected chi connectivity index (χ3v) is 3.25. The number of imidazole rings is 1. The van der Waals surface area contributed by atoms with E-state index in [9.17, 15) is 0 Å². The molecule has 0 radical (unpaired) electrons. The quantitative estimate of drug-likeness (QED) is 0.914. The lowest BCUT2D eigenvalue weighted by Crippen LogP contribution is -2.36. The summed E-state index contributed by atoms with van der Waals surface area (Å²) in [6.45, 7) is 11.6. The molecule has 104 valence electrons. The standard InChI is InChI=1S/C15H22ClN3/c1-10(2)19-13-8-11(16)6-7-12(13)18-14(19)9-17-15(3,4)5/h6-8,10,17H,9H2,1-5H3. The van der Waals surface area contributed by atoms with Gasteiger partial charge in [-0.05, 0) is 52.8 Å². The fourth-order valence-electron chi connectivity index (χ4n) is 2.16. The van der Waals surface area contributed by atoms with E-state index in [2.05, 4.69) is 44.5 Å². The number of hydrogen-bond acceptors (Lipinski definition) is 2. The monoisotopic (exact) mass is 279 g/mol. The second-order valence-corrected chi connectivity index (χ2v) is 6.66. The number of nitrogens with zero attached hydrogens (tertiary/aromatic N) is 2. The van der Waals surface area contributed by atoms with Crippen LogP contribution >= 0.6 is 11.6 Å². The van der Waals surface area contributed by atoms with Gasteiger partial charge in [0.2, 0.25) is 0 Å². The second-order valence-electron chi connectivity index (χ2n) is 6.23. The summed E-state index contributed by atoms with van der Waals surface area (Å²) in [5, 5.41) is 4.25. The summed E-state index contributed by atoms with van der Waals surface area (Å²) in [4.78, 5) is 4.72. The lowest BCUT2D eigenvalue weighted by atomic mass is 10.1. The van der Waals surface area contributed by atoms with E-state index in [-0.39, 0.29) is 5.54 Å². The molecule has 1 aromatic carbocycles. The summed E-state index contributed by atoms with van der Waals surface area (Å²) < 4.78 is 2.25. The number of rotatable bonds is 3. The average molecular weight is 280 g/mol. The molecule has 0 spiro atoms. The molecule has 3 nitrogen and oxygen atoms in total. The van der Waals surface area contributed by atoms with Crippen LogP contribution in [0.25, 0.3) is 11.0 Å². The first-order valence-corrected chi connectivity index (χ1v) is 7.07. The van der Waals surface area contributed by atoms with Gasteiger partial charge in [-0.15, -0.1) is 0 Å². The molecule has 0 saturated carbocycles. The van der Waals surface area contributed by atoms with Crippen LogP contribution in [-0.2, 0) is 6.54 Å². The minimum atomic E-state index is 0.0809. The van der Waals surface area contributed by atoms with Gasteiger partial charge in [-0.2, -0.15) is 0 Å². The molecular weight excluding hydrogens is 258 g/mol. The van der Waals surface area contributed by atoms with Crippen LogP contribution in [-0.4, -0.2) is 15.1 Å². The van der Waals surface area contributed by atoms with E-state index in [0.717, 1.165) is 28.4 Å². The molecule has 0 aliphatic carbocycles. The van der Waals surface area contributed by atoms with Crippen LogP contribution in [0.1, 0.15) is 46.5 Å². The normalized spacial score (nSPS) is 12.6. The third-order valence-electron chi connectivity index (χ3n) is 3.02. The van der Waals surface area contributed by atoms with Crippen LogP contribution in [0.5, 0.6) is 0 Å². The fraction of sp³-hybridized carbons (Fsp3) is 0.533. The molecule has 0 saturated heterocycles. The number of hydrogen-bond donors (Lipinski definition) is 1. The summed E-state index contributed by atoms with van der Waals surface area (Å²) in [6, 6.07) is 6.23. The number of fused-ring (bicyclic) bond motifs is 1. The summed E-state index contributed by atoms with van der Waals surface area (Å²) >= 11 is 6.10. The van der Waals surface area contributed by atoms with E-state index in [1.54, 1.807) is 0 Å². The van der Waals surface area contributed by atoms with Gasteiger partial charge in [0, 0.05) is 16.6 Å². The molecule has 0 bridgehead atoms. The second kappa shape index (κ2) is 5.14. The van der Waals surface area contributed by atoms with Crippen molar-refractivity contribution in [3.63, 3.8) is 0 Å². The van der Waals surface area contributed by atoms with Crippen molar-refractivity contribution >= 4 is 22.6 Å². The molecule has 2 aromatic rings.